The Kier molecular flexibility index (Phi) is 5.87. The molecule has 1 fully saturated rings. The van der Waals surface area contributed by atoms with E-state index in [0.717, 1.165) is 31.8 Å². The van der Waals surface area contributed by atoms with E-state index in [1.807, 2.05) is 24.3 Å². The minimum atomic E-state index is 0.152. The summed E-state index contributed by atoms with van der Waals surface area (Å²) in [6.07, 6.45) is 3.66. The first-order valence-electron chi connectivity index (χ1n) is 7.38. The first-order chi connectivity index (χ1) is 9.78. The van der Waals surface area contributed by atoms with E-state index in [4.69, 9.17) is 4.74 Å². The summed E-state index contributed by atoms with van der Waals surface area (Å²) in [5.41, 5.74) is 1.17. The zero-order chi connectivity index (χ0) is 14.2. The summed E-state index contributed by atoms with van der Waals surface area (Å²) in [7, 11) is 1.66. The summed E-state index contributed by atoms with van der Waals surface area (Å²) in [6.45, 7) is 2.97. The summed E-state index contributed by atoms with van der Waals surface area (Å²) in [4.78, 5) is 11.8. The molecule has 4 heteroatoms. The smallest absolute Gasteiger partial charge is 0.220 e. The van der Waals surface area contributed by atoms with Crippen LogP contribution >= 0.6 is 0 Å². The molecule has 1 aliphatic heterocycles. The van der Waals surface area contributed by atoms with Crippen LogP contribution in [0.3, 0.4) is 0 Å². The molecule has 0 aromatic heterocycles. The van der Waals surface area contributed by atoms with Gasteiger partial charge in [-0.15, -0.1) is 0 Å². The van der Waals surface area contributed by atoms with E-state index < -0.39 is 0 Å². The van der Waals surface area contributed by atoms with Crippen LogP contribution in [-0.4, -0.2) is 32.7 Å². The number of rotatable bonds is 6. The predicted octanol–water partition coefficient (Wildman–Crippen LogP) is 1.74. The average molecular weight is 276 g/mol. The third-order valence-corrected chi connectivity index (χ3v) is 3.85. The molecule has 2 rings (SSSR count). The van der Waals surface area contributed by atoms with E-state index in [2.05, 4.69) is 10.6 Å². The van der Waals surface area contributed by atoms with Crippen molar-refractivity contribution in [3.8, 4) is 5.75 Å². The van der Waals surface area contributed by atoms with Crippen molar-refractivity contribution in [2.75, 3.05) is 26.7 Å². The van der Waals surface area contributed by atoms with Crippen molar-refractivity contribution < 1.29 is 9.53 Å². The Morgan fingerprint density at radius 1 is 1.30 bits per heavy atom. The van der Waals surface area contributed by atoms with Crippen LogP contribution in [0.1, 0.15) is 24.8 Å². The molecule has 1 saturated heterocycles. The Bertz CT molecular complexity index is 411. The molecule has 1 aliphatic rings. The first kappa shape index (κ1) is 14.9. The fraction of sp³-hybridized carbons (Fsp3) is 0.562. The molecule has 0 spiro atoms. The third-order valence-electron chi connectivity index (χ3n) is 3.85. The number of carbonyl (C=O) groups excluding carboxylic acids is 1. The van der Waals surface area contributed by atoms with Crippen molar-refractivity contribution in [3.63, 3.8) is 0 Å². The van der Waals surface area contributed by atoms with E-state index >= 15 is 0 Å². The van der Waals surface area contributed by atoms with Crippen LogP contribution in [0.15, 0.2) is 24.3 Å². The molecule has 0 radical (unpaired) electrons. The van der Waals surface area contributed by atoms with Gasteiger partial charge in [0.25, 0.3) is 0 Å². The van der Waals surface area contributed by atoms with E-state index in [0.29, 0.717) is 12.3 Å². The maximum Gasteiger partial charge on any atom is 0.220 e. The molecular weight excluding hydrogens is 252 g/mol. The highest BCUT2D eigenvalue weighted by molar-refractivity contribution is 5.76. The highest BCUT2D eigenvalue weighted by Gasteiger charge is 2.13. The second kappa shape index (κ2) is 7.90. The quantitative estimate of drug-likeness (QED) is 0.832. The van der Waals surface area contributed by atoms with Gasteiger partial charge in [-0.2, -0.15) is 0 Å². The minimum Gasteiger partial charge on any atom is -0.497 e. The highest BCUT2D eigenvalue weighted by atomic mass is 16.5. The molecule has 0 saturated carbocycles. The second-order valence-corrected chi connectivity index (χ2v) is 5.35. The molecular formula is C16H24N2O2. The van der Waals surface area contributed by atoms with Crippen LogP contribution < -0.4 is 15.4 Å². The van der Waals surface area contributed by atoms with E-state index in [9.17, 15) is 4.79 Å². The lowest BCUT2D eigenvalue weighted by atomic mass is 9.98. The Balaban J connectivity index is 1.66. The number of hydrogen-bond donors (Lipinski definition) is 2. The summed E-state index contributed by atoms with van der Waals surface area (Å²) in [5.74, 6) is 1.64. The van der Waals surface area contributed by atoms with Crippen LogP contribution in [0.2, 0.25) is 0 Å². The van der Waals surface area contributed by atoms with Crippen molar-refractivity contribution in [1.29, 1.82) is 0 Å². The zero-order valence-corrected chi connectivity index (χ0v) is 12.2. The number of aryl methyl sites for hydroxylation is 1. The van der Waals surface area contributed by atoms with Gasteiger partial charge in [-0.25, -0.2) is 0 Å². The molecule has 1 amide bonds. The number of piperidine rings is 1. The van der Waals surface area contributed by atoms with Crippen molar-refractivity contribution in [2.45, 2.75) is 25.7 Å². The summed E-state index contributed by atoms with van der Waals surface area (Å²) in [6, 6.07) is 7.89. The molecule has 4 nitrogen and oxygen atoms in total. The average Bonchev–Trinajstić information content (AvgIpc) is 2.52. The topological polar surface area (TPSA) is 50.4 Å². The summed E-state index contributed by atoms with van der Waals surface area (Å²) in [5, 5.41) is 6.39. The van der Waals surface area contributed by atoms with Crippen LogP contribution in [0.4, 0.5) is 0 Å². The van der Waals surface area contributed by atoms with Crippen LogP contribution in [0.5, 0.6) is 5.75 Å². The van der Waals surface area contributed by atoms with Gasteiger partial charge in [-0.1, -0.05) is 12.1 Å². The van der Waals surface area contributed by atoms with Gasteiger partial charge in [0.2, 0.25) is 5.91 Å². The highest BCUT2D eigenvalue weighted by Crippen LogP contribution is 2.13. The summed E-state index contributed by atoms with van der Waals surface area (Å²) < 4.78 is 5.12. The van der Waals surface area contributed by atoms with Crippen molar-refractivity contribution in [1.82, 2.24) is 10.6 Å². The molecule has 2 N–H and O–H groups in total. The lowest BCUT2D eigenvalue weighted by Gasteiger charge is -2.22. The number of hydrogen-bond acceptors (Lipinski definition) is 3. The normalized spacial score (nSPS) is 15.8. The maximum absolute atomic E-state index is 11.8. The number of carbonyl (C=O) groups is 1. The molecule has 0 atom stereocenters. The predicted molar refractivity (Wildman–Crippen MR) is 79.9 cm³/mol. The standard InChI is InChI=1S/C16H24N2O2/c1-20-15-5-2-13(3-6-15)4-7-16(19)18-12-14-8-10-17-11-9-14/h2-3,5-6,14,17H,4,7-12H2,1H3,(H,18,19). The number of benzene rings is 1. The fourth-order valence-electron chi connectivity index (χ4n) is 2.48. The Labute approximate surface area is 120 Å². The fourth-order valence-corrected chi connectivity index (χ4v) is 2.48. The molecule has 0 bridgehead atoms. The Hall–Kier alpha value is -1.55. The number of amides is 1. The molecule has 110 valence electrons. The second-order valence-electron chi connectivity index (χ2n) is 5.35. The Morgan fingerprint density at radius 2 is 2.00 bits per heavy atom. The van der Waals surface area contributed by atoms with Crippen LogP contribution in [0.25, 0.3) is 0 Å². The van der Waals surface area contributed by atoms with Gasteiger partial charge in [0.15, 0.2) is 0 Å². The van der Waals surface area contributed by atoms with E-state index in [1.54, 1.807) is 7.11 Å². The maximum atomic E-state index is 11.8. The van der Waals surface area contributed by atoms with Crippen LogP contribution in [0, 0.1) is 5.92 Å². The van der Waals surface area contributed by atoms with Gasteiger partial charge in [0.05, 0.1) is 7.11 Å². The monoisotopic (exact) mass is 276 g/mol. The van der Waals surface area contributed by atoms with Gasteiger partial charge in [-0.3, -0.25) is 4.79 Å². The van der Waals surface area contributed by atoms with Crippen molar-refractivity contribution in [2.24, 2.45) is 5.92 Å². The largest absolute Gasteiger partial charge is 0.497 e. The summed E-state index contributed by atoms with van der Waals surface area (Å²) >= 11 is 0. The molecule has 1 aromatic carbocycles. The first-order valence-corrected chi connectivity index (χ1v) is 7.38. The van der Waals surface area contributed by atoms with Crippen molar-refractivity contribution >= 4 is 5.91 Å². The van der Waals surface area contributed by atoms with Gasteiger partial charge in [0, 0.05) is 13.0 Å². The van der Waals surface area contributed by atoms with Gasteiger partial charge < -0.3 is 15.4 Å². The lowest BCUT2D eigenvalue weighted by Crippen LogP contribution is -2.36. The molecule has 0 aliphatic carbocycles. The number of nitrogens with one attached hydrogen (secondary N) is 2. The van der Waals surface area contributed by atoms with Crippen molar-refractivity contribution in [3.05, 3.63) is 29.8 Å². The lowest BCUT2D eigenvalue weighted by molar-refractivity contribution is -0.121. The minimum absolute atomic E-state index is 0.152. The zero-order valence-electron chi connectivity index (χ0n) is 12.2. The van der Waals surface area contributed by atoms with Gasteiger partial charge in [-0.05, 0) is 56.0 Å². The number of ether oxygens (including phenoxy) is 1. The third kappa shape index (κ3) is 4.85. The Morgan fingerprint density at radius 3 is 2.65 bits per heavy atom. The number of methoxy groups -OCH3 is 1. The van der Waals surface area contributed by atoms with Gasteiger partial charge >= 0.3 is 0 Å². The molecule has 20 heavy (non-hydrogen) atoms. The SMILES string of the molecule is COc1ccc(CCC(=O)NCC2CCNCC2)cc1. The molecule has 1 heterocycles. The van der Waals surface area contributed by atoms with Gasteiger partial charge in [0.1, 0.15) is 5.75 Å². The molecule has 0 unspecified atom stereocenters. The van der Waals surface area contributed by atoms with E-state index in [1.165, 1.54) is 18.4 Å². The van der Waals surface area contributed by atoms with E-state index in [-0.39, 0.29) is 5.91 Å². The van der Waals surface area contributed by atoms with Crippen LogP contribution in [-0.2, 0) is 11.2 Å². The molecule has 1 aromatic rings.